The summed E-state index contributed by atoms with van der Waals surface area (Å²) in [6, 6.07) is 0.377. The second-order valence-corrected chi connectivity index (χ2v) is 3.85. The van der Waals surface area contributed by atoms with Crippen molar-refractivity contribution in [1.29, 1.82) is 0 Å². The molecule has 0 aliphatic heterocycles. The minimum absolute atomic E-state index is 0.265. The van der Waals surface area contributed by atoms with Crippen LogP contribution in [0.25, 0.3) is 0 Å². The van der Waals surface area contributed by atoms with Crippen LogP contribution < -0.4 is 5.32 Å². The number of amides is 1. The Kier molecular flexibility index (Phi) is 7.48. The summed E-state index contributed by atoms with van der Waals surface area (Å²) in [7, 11) is 3.82. The maximum absolute atomic E-state index is 11.6. The van der Waals surface area contributed by atoms with Crippen LogP contribution in [0.15, 0.2) is 0 Å². The van der Waals surface area contributed by atoms with E-state index in [4.69, 9.17) is 0 Å². The Balaban J connectivity index is 3.74. The average Bonchev–Trinajstić information content (AvgIpc) is 2.17. The minimum atomic E-state index is 0.265. The maximum Gasteiger partial charge on any atom is 0.222 e. The minimum Gasteiger partial charge on any atom is -0.343 e. The van der Waals surface area contributed by atoms with Crippen LogP contribution in [0, 0.1) is 0 Å². The highest BCUT2D eigenvalue weighted by atomic mass is 16.2. The van der Waals surface area contributed by atoms with Gasteiger partial charge in [-0.2, -0.15) is 0 Å². The highest BCUT2D eigenvalue weighted by Crippen LogP contribution is 2.06. The largest absolute Gasteiger partial charge is 0.343 e. The van der Waals surface area contributed by atoms with Crippen LogP contribution in [0.3, 0.4) is 0 Å². The molecule has 0 aromatic carbocycles. The topological polar surface area (TPSA) is 32.3 Å². The van der Waals surface area contributed by atoms with E-state index >= 15 is 0 Å². The SMILES string of the molecule is CCCC(C)N(C)C(=O)CCCNC. The first kappa shape index (κ1) is 13.4. The van der Waals surface area contributed by atoms with E-state index in [1.807, 2.05) is 19.0 Å². The molecule has 1 N–H and O–H groups in total. The highest BCUT2D eigenvalue weighted by Gasteiger charge is 2.13. The summed E-state index contributed by atoms with van der Waals surface area (Å²) in [6.45, 7) is 5.18. The Labute approximate surface area is 87.9 Å². The van der Waals surface area contributed by atoms with E-state index in [2.05, 4.69) is 19.2 Å². The molecule has 3 heteroatoms. The van der Waals surface area contributed by atoms with Gasteiger partial charge in [0.05, 0.1) is 0 Å². The molecule has 14 heavy (non-hydrogen) atoms. The number of carbonyl (C=O) groups excluding carboxylic acids is 1. The van der Waals surface area contributed by atoms with Crippen LogP contribution in [0.5, 0.6) is 0 Å². The molecule has 1 amide bonds. The van der Waals surface area contributed by atoms with Crippen LogP contribution in [-0.4, -0.2) is 37.5 Å². The van der Waals surface area contributed by atoms with Crippen molar-refractivity contribution in [3.8, 4) is 0 Å². The normalized spacial score (nSPS) is 12.6. The molecule has 0 rings (SSSR count). The summed E-state index contributed by atoms with van der Waals surface area (Å²) in [5, 5.41) is 3.05. The highest BCUT2D eigenvalue weighted by molar-refractivity contribution is 5.76. The molecular weight excluding hydrogens is 176 g/mol. The lowest BCUT2D eigenvalue weighted by molar-refractivity contribution is -0.131. The Bertz CT molecular complexity index is 159. The van der Waals surface area contributed by atoms with Gasteiger partial charge in [-0.25, -0.2) is 0 Å². The van der Waals surface area contributed by atoms with E-state index in [-0.39, 0.29) is 5.91 Å². The molecule has 1 atom stereocenters. The lowest BCUT2D eigenvalue weighted by Crippen LogP contribution is -2.35. The van der Waals surface area contributed by atoms with E-state index in [9.17, 15) is 4.79 Å². The van der Waals surface area contributed by atoms with Gasteiger partial charge in [-0.1, -0.05) is 13.3 Å². The van der Waals surface area contributed by atoms with Crippen LogP contribution in [-0.2, 0) is 4.79 Å². The quantitative estimate of drug-likeness (QED) is 0.634. The Hall–Kier alpha value is -0.570. The van der Waals surface area contributed by atoms with Crippen LogP contribution in [0.4, 0.5) is 0 Å². The fraction of sp³-hybridized carbons (Fsp3) is 0.909. The first-order valence-corrected chi connectivity index (χ1v) is 5.53. The molecule has 0 aliphatic rings. The molecule has 1 unspecified atom stereocenters. The Morgan fingerprint density at radius 1 is 1.50 bits per heavy atom. The summed E-state index contributed by atoms with van der Waals surface area (Å²) >= 11 is 0. The van der Waals surface area contributed by atoms with Crippen LogP contribution in [0.2, 0.25) is 0 Å². The fourth-order valence-electron chi connectivity index (χ4n) is 1.45. The molecule has 0 fully saturated rings. The van der Waals surface area contributed by atoms with Gasteiger partial charge in [0, 0.05) is 19.5 Å². The fourth-order valence-corrected chi connectivity index (χ4v) is 1.45. The first-order chi connectivity index (χ1) is 6.63. The van der Waals surface area contributed by atoms with Crippen molar-refractivity contribution in [2.75, 3.05) is 20.6 Å². The number of nitrogens with zero attached hydrogens (tertiary/aromatic N) is 1. The summed E-state index contributed by atoms with van der Waals surface area (Å²) < 4.78 is 0. The predicted molar refractivity (Wildman–Crippen MR) is 60.3 cm³/mol. The molecular formula is C11H24N2O. The molecule has 0 heterocycles. The van der Waals surface area contributed by atoms with Gasteiger partial charge in [-0.3, -0.25) is 4.79 Å². The van der Waals surface area contributed by atoms with E-state index in [1.165, 1.54) is 0 Å². The molecule has 0 saturated carbocycles. The zero-order chi connectivity index (χ0) is 11.0. The van der Waals surface area contributed by atoms with Crippen molar-refractivity contribution >= 4 is 5.91 Å². The van der Waals surface area contributed by atoms with E-state index in [0.717, 1.165) is 25.8 Å². The predicted octanol–water partition coefficient (Wildman–Crippen LogP) is 1.63. The lowest BCUT2D eigenvalue weighted by atomic mass is 10.1. The number of rotatable bonds is 7. The number of carbonyl (C=O) groups is 1. The van der Waals surface area contributed by atoms with Gasteiger partial charge in [0.15, 0.2) is 0 Å². The van der Waals surface area contributed by atoms with Gasteiger partial charge in [0.2, 0.25) is 5.91 Å². The molecule has 0 aliphatic carbocycles. The summed E-state index contributed by atoms with van der Waals surface area (Å²) in [5.74, 6) is 0.265. The maximum atomic E-state index is 11.6. The molecule has 0 aromatic heterocycles. The van der Waals surface area contributed by atoms with E-state index in [1.54, 1.807) is 0 Å². The molecule has 0 saturated heterocycles. The summed E-state index contributed by atoms with van der Waals surface area (Å²) in [5.41, 5.74) is 0. The zero-order valence-electron chi connectivity index (χ0n) is 9.97. The molecule has 3 nitrogen and oxygen atoms in total. The van der Waals surface area contributed by atoms with Crippen molar-refractivity contribution < 1.29 is 4.79 Å². The Morgan fingerprint density at radius 3 is 2.64 bits per heavy atom. The van der Waals surface area contributed by atoms with E-state index < -0.39 is 0 Å². The zero-order valence-corrected chi connectivity index (χ0v) is 9.97. The van der Waals surface area contributed by atoms with Gasteiger partial charge >= 0.3 is 0 Å². The van der Waals surface area contributed by atoms with Crippen molar-refractivity contribution in [2.45, 2.75) is 45.6 Å². The smallest absolute Gasteiger partial charge is 0.222 e. The van der Waals surface area contributed by atoms with Crippen molar-refractivity contribution in [1.82, 2.24) is 10.2 Å². The number of nitrogens with one attached hydrogen (secondary N) is 1. The molecule has 0 aromatic rings. The lowest BCUT2D eigenvalue weighted by Gasteiger charge is -2.24. The standard InChI is InChI=1S/C11H24N2O/c1-5-7-10(2)13(4)11(14)8-6-9-12-3/h10,12H,5-9H2,1-4H3. The van der Waals surface area contributed by atoms with Gasteiger partial charge < -0.3 is 10.2 Å². The third-order valence-electron chi connectivity index (χ3n) is 2.58. The van der Waals surface area contributed by atoms with Crippen molar-refractivity contribution in [3.63, 3.8) is 0 Å². The molecule has 0 bridgehead atoms. The number of hydrogen-bond donors (Lipinski definition) is 1. The van der Waals surface area contributed by atoms with Crippen LogP contribution >= 0.6 is 0 Å². The Morgan fingerprint density at radius 2 is 2.14 bits per heavy atom. The van der Waals surface area contributed by atoms with Gasteiger partial charge in [-0.05, 0) is 33.4 Å². The van der Waals surface area contributed by atoms with Crippen molar-refractivity contribution in [2.24, 2.45) is 0 Å². The third-order valence-corrected chi connectivity index (χ3v) is 2.58. The van der Waals surface area contributed by atoms with Gasteiger partial charge in [0.1, 0.15) is 0 Å². The summed E-state index contributed by atoms with van der Waals surface area (Å²) in [4.78, 5) is 13.5. The van der Waals surface area contributed by atoms with Gasteiger partial charge in [-0.15, -0.1) is 0 Å². The van der Waals surface area contributed by atoms with E-state index in [0.29, 0.717) is 12.5 Å². The molecule has 84 valence electrons. The van der Waals surface area contributed by atoms with Crippen LogP contribution in [0.1, 0.15) is 39.5 Å². The monoisotopic (exact) mass is 200 g/mol. The second-order valence-electron chi connectivity index (χ2n) is 3.85. The second kappa shape index (κ2) is 7.80. The molecule has 0 spiro atoms. The third kappa shape index (κ3) is 5.22. The van der Waals surface area contributed by atoms with Crippen molar-refractivity contribution in [3.05, 3.63) is 0 Å². The first-order valence-electron chi connectivity index (χ1n) is 5.53. The average molecular weight is 200 g/mol. The van der Waals surface area contributed by atoms with Gasteiger partial charge in [0.25, 0.3) is 0 Å². The number of hydrogen-bond acceptors (Lipinski definition) is 2. The molecule has 0 radical (unpaired) electrons. The summed E-state index contributed by atoms with van der Waals surface area (Å²) in [6.07, 6.45) is 3.81.